The lowest BCUT2D eigenvalue weighted by atomic mass is 9.87. The molecule has 1 aliphatic heterocycles. The molecule has 0 saturated carbocycles. The number of carbonyl (C=O) groups excluding carboxylic acids is 1. The molecule has 5 heteroatoms. The topological polar surface area (TPSA) is 47.4 Å². The van der Waals surface area contributed by atoms with Gasteiger partial charge in [-0.15, -0.1) is 0 Å². The first kappa shape index (κ1) is 19.6. The second kappa shape index (κ2) is 8.26. The standard InChI is InChI=1S/C22H31N3O2/c1-5-20-23-12-14-24(20)13-11-21(26)25-15-18(17-9-7-6-8-10-17)27-19(16-25)22(2,3)4/h6-10,12,14,18-19H,5,11,13,15-16H2,1-4H3/t18-,19+/m0/s1. The van der Waals surface area contributed by atoms with Gasteiger partial charge in [-0.05, 0) is 11.0 Å². The average Bonchev–Trinajstić information content (AvgIpc) is 3.13. The fourth-order valence-electron chi connectivity index (χ4n) is 3.52. The van der Waals surface area contributed by atoms with Crippen LogP contribution in [0, 0.1) is 5.41 Å². The van der Waals surface area contributed by atoms with Crippen LogP contribution in [-0.4, -0.2) is 39.6 Å². The van der Waals surface area contributed by atoms with Crippen molar-refractivity contribution in [2.24, 2.45) is 5.41 Å². The first-order chi connectivity index (χ1) is 12.9. The fourth-order valence-corrected chi connectivity index (χ4v) is 3.52. The van der Waals surface area contributed by atoms with Crippen molar-refractivity contribution in [3.8, 4) is 0 Å². The first-order valence-corrected chi connectivity index (χ1v) is 9.86. The number of rotatable bonds is 5. The van der Waals surface area contributed by atoms with Crippen molar-refractivity contribution < 1.29 is 9.53 Å². The number of aromatic nitrogens is 2. The van der Waals surface area contributed by atoms with Crippen LogP contribution >= 0.6 is 0 Å². The summed E-state index contributed by atoms with van der Waals surface area (Å²) < 4.78 is 8.47. The van der Waals surface area contributed by atoms with Crippen molar-refractivity contribution in [1.82, 2.24) is 14.5 Å². The molecule has 2 aromatic rings. The van der Waals surface area contributed by atoms with E-state index in [1.807, 2.05) is 29.3 Å². The van der Waals surface area contributed by atoms with Gasteiger partial charge in [0.25, 0.3) is 0 Å². The maximum atomic E-state index is 13.0. The van der Waals surface area contributed by atoms with Gasteiger partial charge in [0, 0.05) is 38.3 Å². The number of amides is 1. The van der Waals surface area contributed by atoms with E-state index in [2.05, 4.69) is 49.4 Å². The van der Waals surface area contributed by atoms with Crippen molar-refractivity contribution in [3.63, 3.8) is 0 Å². The van der Waals surface area contributed by atoms with Crippen LogP contribution in [0.15, 0.2) is 42.7 Å². The number of ether oxygens (including phenoxy) is 1. The number of aryl methyl sites for hydroxylation is 2. The van der Waals surface area contributed by atoms with Gasteiger partial charge >= 0.3 is 0 Å². The molecule has 1 fully saturated rings. The predicted molar refractivity (Wildman–Crippen MR) is 106 cm³/mol. The zero-order valence-corrected chi connectivity index (χ0v) is 16.9. The summed E-state index contributed by atoms with van der Waals surface area (Å²) in [5.41, 5.74) is 1.11. The van der Waals surface area contributed by atoms with Gasteiger partial charge in [-0.2, -0.15) is 0 Å². The van der Waals surface area contributed by atoms with Gasteiger partial charge in [0.15, 0.2) is 0 Å². The van der Waals surface area contributed by atoms with E-state index in [9.17, 15) is 4.79 Å². The minimum atomic E-state index is -0.0763. The molecule has 0 aliphatic carbocycles. The number of morpholine rings is 1. The second-order valence-electron chi connectivity index (χ2n) is 8.33. The Hall–Kier alpha value is -2.14. The quantitative estimate of drug-likeness (QED) is 0.804. The average molecular weight is 370 g/mol. The van der Waals surface area contributed by atoms with Crippen molar-refractivity contribution in [2.75, 3.05) is 13.1 Å². The van der Waals surface area contributed by atoms with Gasteiger partial charge in [0.1, 0.15) is 11.9 Å². The van der Waals surface area contributed by atoms with Crippen molar-refractivity contribution in [3.05, 3.63) is 54.1 Å². The summed E-state index contributed by atoms with van der Waals surface area (Å²) in [5.74, 6) is 1.21. The number of benzene rings is 1. The zero-order chi connectivity index (χ0) is 19.4. The Morgan fingerprint density at radius 2 is 1.96 bits per heavy atom. The zero-order valence-electron chi connectivity index (χ0n) is 16.9. The van der Waals surface area contributed by atoms with Crippen LogP contribution in [0.5, 0.6) is 0 Å². The highest BCUT2D eigenvalue weighted by Crippen LogP contribution is 2.33. The largest absolute Gasteiger partial charge is 0.366 e. The molecule has 27 heavy (non-hydrogen) atoms. The van der Waals surface area contributed by atoms with Crippen molar-refractivity contribution >= 4 is 5.91 Å². The Morgan fingerprint density at radius 1 is 1.22 bits per heavy atom. The summed E-state index contributed by atoms with van der Waals surface area (Å²) in [5, 5.41) is 0. The predicted octanol–water partition coefficient (Wildman–Crippen LogP) is 3.85. The molecule has 1 amide bonds. The van der Waals surface area contributed by atoms with Gasteiger partial charge in [-0.25, -0.2) is 4.98 Å². The van der Waals surface area contributed by atoms with Crippen LogP contribution in [0.4, 0.5) is 0 Å². The van der Waals surface area contributed by atoms with E-state index in [4.69, 9.17) is 4.74 Å². The Labute approximate surface area is 162 Å². The van der Waals surface area contributed by atoms with Crippen LogP contribution in [0.3, 0.4) is 0 Å². The van der Waals surface area contributed by atoms with E-state index < -0.39 is 0 Å². The van der Waals surface area contributed by atoms with E-state index in [1.165, 1.54) is 0 Å². The Bertz CT molecular complexity index is 748. The number of imidazole rings is 1. The molecule has 5 nitrogen and oxygen atoms in total. The molecule has 2 atom stereocenters. The Balaban J connectivity index is 1.71. The molecule has 146 valence electrons. The van der Waals surface area contributed by atoms with Gasteiger partial charge in [0.05, 0.1) is 12.6 Å². The highest BCUT2D eigenvalue weighted by atomic mass is 16.5. The number of carbonyl (C=O) groups is 1. The van der Waals surface area contributed by atoms with Gasteiger partial charge in [-0.3, -0.25) is 4.79 Å². The summed E-state index contributed by atoms with van der Waals surface area (Å²) in [6, 6.07) is 10.2. The van der Waals surface area contributed by atoms with Crippen molar-refractivity contribution in [1.29, 1.82) is 0 Å². The first-order valence-electron chi connectivity index (χ1n) is 9.86. The lowest BCUT2D eigenvalue weighted by Gasteiger charge is -2.43. The number of hydrogen-bond acceptors (Lipinski definition) is 3. The minimum Gasteiger partial charge on any atom is -0.366 e. The molecule has 0 radical (unpaired) electrons. The summed E-state index contributed by atoms with van der Waals surface area (Å²) in [7, 11) is 0. The highest BCUT2D eigenvalue weighted by molar-refractivity contribution is 5.76. The normalized spacial score (nSPS) is 20.7. The molecular formula is C22H31N3O2. The number of nitrogens with zero attached hydrogens (tertiary/aromatic N) is 3. The minimum absolute atomic E-state index is 0.0138. The summed E-state index contributed by atoms with van der Waals surface area (Å²) in [4.78, 5) is 19.3. The Morgan fingerprint density at radius 3 is 2.63 bits per heavy atom. The molecule has 0 bridgehead atoms. The molecule has 0 unspecified atom stereocenters. The van der Waals surface area contributed by atoms with E-state index >= 15 is 0 Å². The van der Waals surface area contributed by atoms with Crippen LogP contribution in [0.2, 0.25) is 0 Å². The summed E-state index contributed by atoms with van der Waals surface area (Å²) >= 11 is 0. The van der Waals surface area contributed by atoms with Crippen LogP contribution < -0.4 is 0 Å². The highest BCUT2D eigenvalue weighted by Gasteiger charge is 2.37. The van der Waals surface area contributed by atoms with Gasteiger partial charge in [-0.1, -0.05) is 58.0 Å². The van der Waals surface area contributed by atoms with Gasteiger partial charge < -0.3 is 14.2 Å². The third kappa shape index (κ3) is 4.78. The molecule has 1 aromatic heterocycles. The molecule has 3 rings (SSSR count). The molecular weight excluding hydrogens is 338 g/mol. The van der Waals surface area contributed by atoms with E-state index in [-0.39, 0.29) is 23.5 Å². The van der Waals surface area contributed by atoms with E-state index in [0.29, 0.717) is 26.1 Å². The van der Waals surface area contributed by atoms with Crippen LogP contribution in [0.25, 0.3) is 0 Å². The lowest BCUT2D eigenvalue weighted by Crippen LogP contribution is -2.51. The lowest BCUT2D eigenvalue weighted by molar-refractivity contribution is -0.157. The maximum absolute atomic E-state index is 13.0. The molecule has 1 aromatic carbocycles. The molecule has 0 spiro atoms. The molecule has 0 N–H and O–H groups in total. The molecule has 1 saturated heterocycles. The molecule has 1 aliphatic rings. The van der Waals surface area contributed by atoms with Crippen LogP contribution in [0.1, 0.15) is 51.6 Å². The van der Waals surface area contributed by atoms with Gasteiger partial charge in [0.2, 0.25) is 5.91 Å². The molecule has 2 heterocycles. The van der Waals surface area contributed by atoms with E-state index in [1.54, 1.807) is 6.20 Å². The van der Waals surface area contributed by atoms with Crippen molar-refractivity contribution in [2.45, 2.75) is 59.3 Å². The van der Waals surface area contributed by atoms with Crippen LogP contribution in [-0.2, 0) is 22.5 Å². The number of hydrogen-bond donors (Lipinski definition) is 0. The Kier molecular flexibility index (Phi) is 6.00. The van der Waals surface area contributed by atoms with E-state index in [0.717, 1.165) is 17.8 Å². The fraction of sp³-hybridized carbons (Fsp3) is 0.545. The third-order valence-electron chi connectivity index (χ3n) is 5.28. The third-order valence-corrected chi connectivity index (χ3v) is 5.28. The SMILES string of the molecule is CCc1nccn1CCC(=O)N1C[C@@H](c2ccccc2)O[C@@H](C(C)(C)C)C1. The smallest absolute Gasteiger partial charge is 0.224 e. The monoisotopic (exact) mass is 369 g/mol. The maximum Gasteiger partial charge on any atom is 0.224 e. The summed E-state index contributed by atoms with van der Waals surface area (Å²) in [6.45, 7) is 10.5. The second-order valence-corrected chi connectivity index (χ2v) is 8.33. The summed E-state index contributed by atoms with van der Waals surface area (Å²) in [6.07, 6.45) is 5.06.